The highest BCUT2D eigenvalue weighted by Gasteiger charge is 2.25. The Labute approximate surface area is 179 Å². The third kappa shape index (κ3) is 4.35. The number of aryl methyl sites for hydroxylation is 1. The summed E-state index contributed by atoms with van der Waals surface area (Å²) in [6.45, 7) is 8.21. The number of pyridine rings is 1. The molecule has 2 aromatic heterocycles. The number of hydrogen-bond acceptors (Lipinski definition) is 5. The second-order valence-corrected chi connectivity index (χ2v) is 8.97. The molecule has 160 valence electrons. The van der Waals surface area contributed by atoms with E-state index in [0.717, 1.165) is 43.0 Å². The third-order valence-electron chi connectivity index (χ3n) is 5.99. The number of likely N-dealkylation sites (N-methyl/N-ethyl adjacent to an activating group) is 1. The minimum absolute atomic E-state index is 0.225. The van der Waals surface area contributed by atoms with Gasteiger partial charge in [0, 0.05) is 37.1 Å². The number of nitrogens with zero attached hydrogens (tertiary/aromatic N) is 3. The normalized spacial score (nSPS) is 17.0. The molecule has 4 rings (SSSR count). The van der Waals surface area contributed by atoms with Gasteiger partial charge in [-0.3, -0.25) is 4.90 Å². The molecule has 1 aliphatic heterocycles. The van der Waals surface area contributed by atoms with Crippen molar-refractivity contribution in [2.75, 3.05) is 26.1 Å². The summed E-state index contributed by atoms with van der Waals surface area (Å²) >= 11 is 0. The van der Waals surface area contributed by atoms with E-state index in [9.17, 15) is 0 Å². The fourth-order valence-corrected chi connectivity index (χ4v) is 4.56. The molecule has 3 aromatic rings. The van der Waals surface area contributed by atoms with E-state index in [0.29, 0.717) is 12.0 Å². The molecular weight excluding hydrogens is 374 g/mol. The molecule has 0 saturated carbocycles. The predicted molar refractivity (Wildman–Crippen MR) is 122 cm³/mol. The van der Waals surface area contributed by atoms with E-state index in [1.54, 1.807) is 7.11 Å². The number of benzene rings is 1. The Bertz CT molecular complexity index is 1010. The Morgan fingerprint density at radius 3 is 2.87 bits per heavy atom. The summed E-state index contributed by atoms with van der Waals surface area (Å²) in [7, 11) is 3.99. The maximum Gasteiger partial charge on any atom is 0.157 e. The zero-order chi connectivity index (χ0) is 21.3. The monoisotopic (exact) mass is 407 g/mol. The number of ether oxygens (including phenoxy) is 1. The average Bonchev–Trinajstić information content (AvgIpc) is 3.28. The number of imidazole rings is 1. The van der Waals surface area contributed by atoms with Gasteiger partial charge in [-0.1, -0.05) is 26.0 Å². The van der Waals surface area contributed by atoms with Crippen molar-refractivity contribution in [1.29, 1.82) is 0 Å². The first kappa shape index (κ1) is 20.8. The summed E-state index contributed by atoms with van der Waals surface area (Å²) in [6.07, 6.45) is 3.97. The van der Waals surface area contributed by atoms with Gasteiger partial charge in [0.1, 0.15) is 11.3 Å². The van der Waals surface area contributed by atoms with Crippen molar-refractivity contribution in [3.8, 4) is 0 Å². The number of hydrogen-bond donors (Lipinski definition) is 2. The summed E-state index contributed by atoms with van der Waals surface area (Å²) in [6, 6.07) is 9.56. The Hall–Kier alpha value is -2.44. The van der Waals surface area contributed by atoms with Crippen LogP contribution >= 0.6 is 0 Å². The molecule has 30 heavy (non-hydrogen) atoms. The van der Waals surface area contributed by atoms with Crippen LogP contribution in [0.3, 0.4) is 0 Å². The molecule has 2 atom stereocenters. The Morgan fingerprint density at radius 2 is 2.10 bits per heavy atom. The zero-order valence-corrected chi connectivity index (χ0v) is 18.7. The van der Waals surface area contributed by atoms with Crippen LogP contribution in [0.5, 0.6) is 0 Å². The molecular formula is C24H33N5O. The lowest BCUT2D eigenvalue weighted by Crippen LogP contribution is -2.36. The topological polar surface area (TPSA) is 66.1 Å². The number of H-pyrrole nitrogens is 1. The SMILES string of the molecule is COC[C@@H](CC(C)C)N(C)Cc1ccc2c(c1)CC(c1ccnc3[nH]c(C)nc13)N2. The highest BCUT2D eigenvalue weighted by atomic mass is 16.5. The molecule has 0 amide bonds. The molecule has 2 N–H and O–H groups in total. The molecule has 0 fully saturated rings. The largest absolute Gasteiger partial charge is 0.383 e. The van der Waals surface area contributed by atoms with Crippen molar-refractivity contribution >= 4 is 16.9 Å². The van der Waals surface area contributed by atoms with Crippen molar-refractivity contribution in [2.45, 2.75) is 52.2 Å². The van der Waals surface area contributed by atoms with Crippen molar-refractivity contribution < 1.29 is 4.74 Å². The smallest absolute Gasteiger partial charge is 0.157 e. The highest BCUT2D eigenvalue weighted by molar-refractivity contribution is 5.77. The fourth-order valence-electron chi connectivity index (χ4n) is 4.56. The molecule has 1 aliphatic rings. The summed E-state index contributed by atoms with van der Waals surface area (Å²) < 4.78 is 5.47. The molecule has 3 heterocycles. The van der Waals surface area contributed by atoms with E-state index < -0.39 is 0 Å². The number of fused-ring (bicyclic) bond motifs is 2. The van der Waals surface area contributed by atoms with E-state index >= 15 is 0 Å². The van der Waals surface area contributed by atoms with Crippen LogP contribution in [0.25, 0.3) is 11.2 Å². The molecule has 6 heteroatoms. The summed E-state index contributed by atoms with van der Waals surface area (Å²) in [5.74, 6) is 1.55. The van der Waals surface area contributed by atoms with E-state index in [2.05, 4.69) is 70.3 Å². The molecule has 6 nitrogen and oxygen atoms in total. The lowest BCUT2D eigenvalue weighted by atomic mass is 10.0. The van der Waals surface area contributed by atoms with Gasteiger partial charge in [-0.2, -0.15) is 0 Å². The first-order chi connectivity index (χ1) is 14.4. The molecule has 1 unspecified atom stereocenters. The first-order valence-electron chi connectivity index (χ1n) is 10.8. The van der Waals surface area contributed by atoms with E-state index in [1.807, 2.05) is 13.1 Å². The Kier molecular flexibility index (Phi) is 6.06. The van der Waals surface area contributed by atoms with Crippen LogP contribution < -0.4 is 5.32 Å². The van der Waals surface area contributed by atoms with Crippen LogP contribution in [0.1, 0.15) is 48.8 Å². The lowest BCUT2D eigenvalue weighted by Gasteiger charge is -2.29. The first-order valence-corrected chi connectivity index (χ1v) is 10.8. The summed E-state index contributed by atoms with van der Waals surface area (Å²) in [5.41, 5.74) is 6.97. The number of nitrogens with one attached hydrogen (secondary N) is 2. The second-order valence-electron chi connectivity index (χ2n) is 8.97. The fraction of sp³-hybridized carbons (Fsp3) is 0.500. The lowest BCUT2D eigenvalue weighted by molar-refractivity contribution is 0.0897. The van der Waals surface area contributed by atoms with Crippen molar-refractivity contribution in [3.05, 3.63) is 53.0 Å². The Balaban J connectivity index is 1.50. The zero-order valence-electron chi connectivity index (χ0n) is 18.7. The van der Waals surface area contributed by atoms with Crippen LogP contribution in [0.15, 0.2) is 30.5 Å². The maximum atomic E-state index is 5.47. The van der Waals surface area contributed by atoms with E-state index in [1.165, 1.54) is 22.4 Å². The van der Waals surface area contributed by atoms with Crippen LogP contribution in [0.2, 0.25) is 0 Å². The van der Waals surface area contributed by atoms with Crippen molar-refractivity contribution in [2.24, 2.45) is 5.92 Å². The van der Waals surface area contributed by atoms with E-state index in [4.69, 9.17) is 4.74 Å². The molecule has 0 aliphatic carbocycles. The number of anilines is 1. The van der Waals surface area contributed by atoms with Gasteiger partial charge in [-0.25, -0.2) is 9.97 Å². The minimum atomic E-state index is 0.225. The standard InChI is InChI=1S/C24H33N5O/c1-15(2)10-19(14-30-5)29(4)13-17-6-7-21-18(11-17)12-22(28-21)20-8-9-25-24-23(20)26-16(3)27-24/h6-9,11,15,19,22,28H,10,12-14H2,1-5H3,(H,25,26,27)/t19-,22?/m1/s1. The van der Waals surface area contributed by atoms with Crippen LogP contribution in [0, 0.1) is 12.8 Å². The predicted octanol–water partition coefficient (Wildman–Crippen LogP) is 4.47. The van der Waals surface area contributed by atoms with Gasteiger partial charge < -0.3 is 15.0 Å². The molecule has 0 radical (unpaired) electrons. The van der Waals surface area contributed by atoms with Crippen LogP contribution in [0.4, 0.5) is 5.69 Å². The van der Waals surface area contributed by atoms with Gasteiger partial charge in [0.15, 0.2) is 5.65 Å². The third-order valence-corrected chi connectivity index (χ3v) is 5.99. The van der Waals surface area contributed by atoms with Gasteiger partial charge in [-0.15, -0.1) is 0 Å². The molecule has 0 spiro atoms. The van der Waals surface area contributed by atoms with Gasteiger partial charge in [0.2, 0.25) is 0 Å². The highest BCUT2D eigenvalue weighted by Crippen LogP contribution is 2.36. The average molecular weight is 408 g/mol. The van der Waals surface area contributed by atoms with Crippen molar-refractivity contribution in [3.63, 3.8) is 0 Å². The van der Waals surface area contributed by atoms with Gasteiger partial charge in [0.25, 0.3) is 0 Å². The minimum Gasteiger partial charge on any atom is -0.383 e. The molecule has 0 bridgehead atoms. The summed E-state index contributed by atoms with van der Waals surface area (Å²) in [4.78, 5) is 14.7. The maximum absolute atomic E-state index is 5.47. The number of aromatic amines is 1. The molecule has 0 saturated heterocycles. The van der Waals surface area contributed by atoms with Crippen LogP contribution in [-0.2, 0) is 17.7 Å². The van der Waals surface area contributed by atoms with Crippen LogP contribution in [-0.4, -0.2) is 46.7 Å². The quantitative estimate of drug-likeness (QED) is 0.577. The molecule has 1 aromatic carbocycles. The number of aromatic nitrogens is 3. The van der Waals surface area contributed by atoms with Crippen molar-refractivity contribution in [1.82, 2.24) is 19.9 Å². The van der Waals surface area contributed by atoms with Gasteiger partial charge >= 0.3 is 0 Å². The number of rotatable bonds is 8. The number of methoxy groups -OCH3 is 1. The van der Waals surface area contributed by atoms with E-state index in [-0.39, 0.29) is 6.04 Å². The Morgan fingerprint density at radius 1 is 1.27 bits per heavy atom. The summed E-state index contributed by atoms with van der Waals surface area (Å²) in [5, 5.41) is 3.69. The van der Waals surface area contributed by atoms with Gasteiger partial charge in [-0.05, 0) is 56.0 Å². The van der Waals surface area contributed by atoms with Gasteiger partial charge in [0.05, 0.1) is 12.6 Å². The second kappa shape index (κ2) is 8.74.